The van der Waals surface area contributed by atoms with Gasteiger partial charge in [-0.3, -0.25) is 4.90 Å². The predicted molar refractivity (Wildman–Crippen MR) is 62.9 cm³/mol. The van der Waals surface area contributed by atoms with E-state index in [1.165, 1.54) is 12.8 Å². The normalized spacial score (nSPS) is 13.3. The second kappa shape index (κ2) is 6.64. The number of furan rings is 1. The summed E-state index contributed by atoms with van der Waals surface area (Å²) in [7, 11) is 4.16. The van der Waals surface area contributed by atoms with E-state index in [0.717, 1.165) is 18.8 Å². The molecular formula is C12H22N2O. The molecule has 0 aromatic carbocycles. The molecule has 1 unspecified atom stereocenters. The van der Waals surface area contributed by atoms with Crippen LogP contribution < -0.4 is 5.32 Å². The lowest BCUT2D eigenvalue weighted by Gasteiger charge is -2.22. The van der Waals surface area contributed by atoms with Crippen molar-refractivity contribution < 1.29 is 4.42 Å². The van der Waals surface area contributed by atoms with Crippen molar-refractivity contribution in [3.05, 3.63) is 24.2 Å². The number of nitrogens with one attached hydrogen (secondary N) is 1. The third kappa shape index (κ3) is 4.06. The zero-order chi connectivity index (χ0) is 11.1. The van der Waals surface area contributed by atoms with E-state index in [9.17, 15) is 0 Å². The molecule has 0 saturated heterocycles. The molecule has 1 atom stereocenters. The second-order valence-electron chi connectivity index (χ2n) is 4.05. The first-order valence-electron chi connectivity index (χ1n) is 5.66. The van der Waals surface area contributed by atoms with Crippen LogP contribution in [0, 0.1) is 0 Å². The molecule has 0 aliphatic carbocycles. The maximum absolute atomic E-state index is 5.43. The topological polar surface area (TPSA) is 28.4 Å². The number of likely N-dealkylation sites (N-methyl/N-ethyl adjacent to an activating group) is 1. The maximum atomic E-state index is 5.43. The minimum atomic E-state index is 0.330. The van der Waals surface area contributed by atoms with Crippen molar-refractivity contribution in [1.82, 2.24) is 10.2 Å². The van der Waals surface area contributed by atoms with Crippen LogP contribution in [-0.2, 0) is 0 Å². The Morgan fingerprint density at radius 2 is 2.27 bits per heavy atom. The summed E-state index contributed by atoms with van der Waals surface area (Å²) < 4.78 is 5.43. The van der Waals surface area contributed by atoms with Gasteiger partial charge in [0.1, 0.15) is 5.76 Å². The fourth-order valence-corrected chi connectivity index (χ4v) is 1.56. The van der Waals surface area contributed by atoms with Crippen molar-refractivity contribution in [3.8, 4) is 0 Å². The average molecular weight is 210 g/mol. The van der Waals surface area contributed by atoms with Crippen LogP contribution >= 0.6 is 0 Å². The van der Waals surface area contributed by atoms with Crippen LogP contribution in [0.5, 0.6) is 0 Å². The van der Waals surface area contributed by atoms with Crippen molar-refractivity contribution in [3.63, 3.8) is 0 Å². The van der Waals surface area contributed by atoms with Gasteiger partial charge in [-0.2, -0.15) is 0 Å². The largest absolute Gasteiger partial charge is 0.468 e. The molecule has 1 rings (SSSR count). The monoisotopic (exact) mass is 210 g/mol. The van der Waals surface area contributed by atoms with Gasteiger partial charge >= 0.3 is 0 Å². The zero-order valence-corrected chi connectivity index (χ0v) is 9.99. The zero-order valence-electron chi connectivity index (χ0n) is 9.99. The Morgan fingerprint density at radius 3 is 2.80 bits per heavy atom. The molecule has 1 aromatic rings. The number of rotatable bonds is 7. The summed E-state index contributed by atoms with van der Waals surface area (Å²) in [6.07, 6.45) is 4.20. The van der Waals surface area contributed by atoms with Crippen molar-refractivity contribution in [2.75, 3.05) is 27.2 Å². The summed E-state index contributed by atoms with van der Waals surface area (Å²) in [5.74, 6) is 1.03. The highest BCUT2D eigenvalue weighted by Gasteiger charge is 2.15. The summed E-state index contributed by atoms with van der Waals surface area (Å²) in [6, 6.07) is 4.31. The van der Waals surface area contributed by atoms with Crippen molar-refractivity contribution in [2.45, 2.75) is 25.8 Å². The van der Waals surface area contributed by atoms with E-state index < -0.39 is 0 Å². The highest BCUT2D eigenvalue weighted by Crippen LogP contribution is 2.17. The molecule has 0 radical (unpaired) electrons. The summed E-state index contributed by atoms with van der Waals surface area (Å²) in [5.41, 5.74) is 0. The Balaban J connectivity index is 2.39. The molecule has 0 saturated carbocycles. The number of unbranched alkanes of at least 4 members (excludes halogenated alkanes) is 1. The van der Waals surface area contributed by atoms with E-state index in [1.54, 1.807) is 6.26 Å². The van der Waals surface area contributed by atoms with E-state index in [-0.39, 0.29) is 0 Å². The summed E-state index contributed by atoms with van der Waals surface area (Å²) in [4.78, 5) is 2.18. The third-order valence-electron chi connectivity index (χ3n) is 2.54. The highest BCUT2D eigenvalue weighted by atomic mass is 16.3. The van der Waals surface area contributed by atoms with Crippen LogP contribution in [0.25, 0.3) is 0 Å². The second-order valence-corrected chi connectivity index (χ2v) is 4.05. The molecule has 15 heavy (non-hydrogen) atoms. The van der Waals surface area contributed by atoms with Gasteiger partial charge in [-0.1, -0.05) is 13.3 Å². The van der Waals surface area contributed by atoms with Gasteiger partial charge < -0.3 is 9.73 Å². The summed E-state index contributed by atoms with van der Waals surface area (Å²) in [5, 5.41) is 3.45. The van der Waals surface area contributed by atoms with Crippen LogP contribution in [0.2, 0.25) is 0 Å². The van der Waals surface area contributed by atoms with Gasteiger partial charge in [-0.25, -0.2) is 0 Å². The molecule has 86 valence electrons. The Bertz CT molecular complexity index is 244. The molecule has 0 aliphatic heterocycles. The number of hydrogen-bond acceptors (Lipinski definition) is 3. The first-order valence-corrected chi connectivity index (χ1v) is 5.66. The van der Waals surface area contributed by atoms with Gasteiger partial charge in [-0.05, 0) is 39.2 Å². The highest BCUT2D eigenvalue weighted by molar-refractivity contribution is 5.04. The van der Waals surface area contributed by atoms with Gasteiger partial charge in [0.25, 0.3) is 0 Å². The van der Waals surface area contributed by atoms with Gasteiger partial charge in [-0.15, -0.1) is 0 Å². The molecule has 0 fully saturated rings. The van der Waals surface area contributed by atoms with E-state index >= 15 is 0 Å². The smallest absolute Gasteiger partial charge is 0.122 e. The molecule has 0 amide bonds. The first kappa shape index (κ1) is 12.3. The molecule has 3 nitrogen and oxygen atoms in total. The van der Waals surface area contributed by atoms with Crippen LogP contribution in [0.15, 0.2) is 22.8 Å². The molecule has 0 aliphatic rings. The van der Waals surface area contributed by atoms with Crippen molar-refractivity contribution >= 4 is 0 Å². The van der Waals surface area contributed by atoms with E-state index in [2.05, 4.69) is 31.2 Å². The fourth-order valence-electron chi connectivity index (χ4n) is 1.56. The quantitative estimate of drug-likeness (QED) is 0.700. The first-order chi connectivity index (χ1) is 7.25. The molecule has 0 bridgehead atoms. The van der Waals surface area contributed by atoms with Gasteiger partial charge in [0.15, 0.2) is 0 Å². The fraction of sp³-hybridized carbons (Fsp3) is 0.667. The number of nitrogens with zero attached hydrogens (tertiary/aromatic N) is 1. The standard InChI is InChI=1S/C12H22N2O/c1-4-5-8-13-10-11(14(2)3)12-7-6-9-15-12/h6-7,9,11,13H,4-5,8,10H2,1-3H3. The van der Waals surface area contributed by atoms with Crippen molar-refractivity contribution in [2.24, 2.45) is 0 Å². The van der Waals surface area contributed by atoms with E-state index in [0.29, 0.717) is 6.04 Å². The van der Waals surface area contributed by atoms with Gasteiger partial charge in [0, 0.05) is 6.54 Å². The lowest BCUT2D eigenvalue weighted by molar-refractivity contribution is 0.250. The SMILES string of the molecule is CCCCNCC(c1ccco1)N(C)C. The van der Waals surface area contributed by atoms with Crippen LogP contribution in [0.1, 0.15) is 31.6 Å². The lowest BCUT2D eigenvalue weighted by atomic mass is 10.2. The molecular weight excluding hydrogens is 188 g/mol. The maximum Gasteiger partial charge on any atom is 0.122 e. The molecule has 3 heteroatoms. The molecule has 1 N–H and O–H groups in total. The predicted octanol–water partition coefficient (Wildman–Crippen LogP) is 2.27. The summed E-state index contributed by atoms with van der Waals surface area (Å²) in [6.45, 7) is 4.24. The van der Waals surface area contributed by atoms with Gasteiger partial charge in [0.05, 0.1) is 12.3 Å². The van der Waals surface area contributed by atoms with Gasteiger partial charge in [0.2, 0.25) is 0 Å². The Hall–Kier alpha value is -0.800. The lowest BCUT2D eigenvalue weighted by Crippen LogP contribution is -2.31. The minimum absolute atomic E-state index is 0.330. The molecule has 1 aromatic heterocycles. The van der Waals surface area contributed by atoms with Crippen LogP contribution in [0.3, 0.4) is 0 Å². The van der Waals surface area contributed by atoms with E-state index in [1.807, 2.05) is 12.1 Å². The molecule has 0 spiro atoms. The van der Waals surface area contributed by atoms with Crippen molar-refractivity contribution in [1.29, 1.82) is 0 Å². The van der Waals surface area contributed by atoms with Crippen LogP contribution in [-0.4, -0.2) is 32.1 Å². The number of hydrogen-bond donors (Lipinski definition) is 1. The Kier molecular flexibility index (Phi) is 5.43. The molecule has 1 heterocycles. The Morgan fingerprint density at radius 1 is 1.47 bits per heavy atom. The minimum Gasteiger partial charge on any atom is -0.468 e. The third-order valence-corrected chi connectivity index (χ3v) is 2.54. The summed E-state index contributed by atoms with van der Waals surface area (Å²) >= 11 is 0. The van der Waals surface area contributed by atoms with E-state index in [4.69, 9.17) is 4.42 Å². The van der Waals surface area contributed by atoms with Crippen LogP contribution in [0.4, 0.5) is 0 Å². The Labute approximate surface area is 92.5 Å². The average Bonchev–Trinajstić information content (AvgIpc) is 2.70.